The van der Waals surface area contributed by atoms with Gasteiger partial charge in [0.2, 0.25) is 10.0 Å². The molecule has 0 saturated carbocycles. The second-order valence-corrected chi connectivity index (χ2v) is 8.56. The van der Waals surface area contributed by atoms with Crippen LogP contribution in [0.3, 0.4) is 0 Å². The fourth-order valence-electron chi connectivity index (χ4n) is 3.58. The number of hydrogen-bond acceptors (Lipinski definition) is 4. The average molecular weight is 385 g/mol. The van der Waals surface area contributed by atoms with Crippen molar-refractivity contribution in [3.8, 4) is 0 Å². The van der Waals surface area contributed by atoms with Crippen molar-refractivity contribution in [1.29, 1.82) is 0 Å². The van der Waals surface area contributed by atoms with Crippen LogP contribution in [0.4, 0.5) is 4.39 Å². The Kier molecular flexibility index (Phi) is 4.90. The molecule has 3 aromatic rings. The smallest absolute Gasteiger partial charge is 0.219 e. The van der Waals surface area contributed by atoms with Crippen LogP contribution >= 0.6 is 0 Å². The van der Waals surface area contributed by atoms with Crippen LogP contribution in [0.2, 0.25) is 0 Å². The number of aromatic nitrogens is 1. The van der Waals surface area contributed by atoms with E-state index in [9.17, 15) is 12.8 Å². The summed E-state index contributed by atoms with van der Waals surface area (Å²) in [7, 11) is -3.61. The molecule has 1 aliphatic heterocycles. The summed E-state index contributed by atoms with van der Waals surface area (Å²) in [5, 5.41) is 4.12. The molecule has 1 atom stereocenters. The maximum Gasteiger partial charge on any atom is 0.219 e. The van der Waals surface area contributed by atoms with Crippen molar-refractivity contribution in [1.82, 2.24) is 14.6 Å². The summed E-state index contributed by atoms with van der Waals surface area (Å²) < 4.78 is 41.6. The van der Waals surface area contributed by atoms with Crippen LogP contribution in [0.15, 0.2) is 60.8 Å². The first-order chi connectivity index (χ1) is 13.0. The normalized spacial score (nSPS) is 18.6. The number of para-hydroxylation sites is 1. The Bertz CT molecular complexity index is 1070. The predicted octanol–water partition coefficient (Wildman–Crippen LogP) is 2.85. The minimum Gasteiger partial charge on any atom is -0.313 e. The lowest BCUT2D eigenvalue weighted by Crippen LogP contribution is -2.49. The van der Waals surface area contributed by atoms with E-state index in [1.807, 2.05) is 24.3 Å². The lowest BCUT2D eigenvalue weighted by molar-refractivity contribution is 0.270. The SMILES string of the molecule is O=S(=O)(Cc1cccc2cccnc12)N1CCNCC1c1cccc(F)c1. The molecule has 1 aromatic heterocycles. The van der Waals surface area contributed by atoms with Crippen molar-refractivity contribution in [3.63, 3.8) is 0 Å². The third-order valence-electron chi connectivity index (χ3n) is 4.84. The zero-order valence-electron chi connectivity index (χ0n) is 14.7. The van der Waals surface area contributed by atoms with Crippen LogP contribution < -0.4 is 5.32 Å². The number of nitrogens with one attached hydrogen (secondary N) is 1. The Hall–Kier alpha value is -2.35. The number of halogens is 1. The fourth-order valence-corrected chi connectivity index (χ4v) is 5.33. The molecule has 0 aliphatic carbocycles. The molecule has 0 radical (unpaired) electrons. The monoisotopic (exact) mass is 385 g/mol. The number of benzene rings is 2. The third-order valence-corrected chi connectivity index (χ3v) is 6.67. The first-order valence-electron chi connectivity index (χ1n) is 8.83. The number of fused-ring (bicyclic) bond motifs is 1. The second kappa shape index (κ2) is 7.34. The van der Waals surface area contributed by atoms with Crippen molar-refractivity contribution in [2.75, 3.05) is 19.6 Å². The zero-order valence-corrected chi connectivity index (χ0v) is 15.5. The van der Waals surface area contributed by atoms with E-state index in [4.69, 9.17) is 0 Å². The van der Waals surface area contributed by atoms with Crippen LogP contribution in [-0.2, 0) is 15.8 Å². The van der Waals surface area contributed by atoms with Gasteiger partial charge in [-0.05, 0) is 29.3 Å². The largest absolute Gasteiger partial charge is 0.313 e. The molecule has 1 saturated heterocycles. The summed E-state index contributed by atoms with van der Waals surface area (Å²) in [6, 6.07) is 15.0. The van der Waals surface area contributed by atoms with Crippen LogP contribution in [-0.4, -0.2) is 37.3 Å². The summed E-state index contributed by atoms with van der Waals surface area (Å²) in [4.78, 5) is 4.35. The molecule has 5 nitrogen and oxygen atoms in total. The molecule has 4 rings (SSSR count). The predicted molar refractivity (Wildman–Crippen MR) is 103 cm³/mol. The van der Waals surface area contributed by atoms with Gasteiger partial charge >= 0.3 is 0 Å². The van der Waals surface area contributed by atoms with E-state index >= 15 is 0 Å². The van der Waals surface area contributed by atoms with Crippen LogP contribution in [0.1, 0.15) is 17.2 Å². The summed E-state index contributed by atoms with van der Waals surface area (Å²) >= 11 is 0. The molecule has 0 amide bonds. The Balaban J connectivity index is 1.69. The van der Waals surface area contributed by atoms with Crippen molar-refractivity contribution in [2.24, 2.45) is 0 Å². The molecule has 2 aromatic carbocycles. The molecule has 1 unspecified atom stereocenters. The van der Waals surface area contributed by atoms with E-state index in [1.54, 1.807) is 24.4 Å². The quantitative estimate of drug-likeness (QED) is 0.750. The molecule has 27 heavy (non-hydrogen) atoms. The van der Waals surface area contributed by atoms with Crippen molar-refractivity contribution < 1.29 is 12.8 Å². The number of rotatable bonds is 4. The molecule has 0 spiro atoms. The third kappa shape index (κ3) is 3.71. The maximum atomic E-state index is 13.7. The van der Waals surface area contributed by atoms with Gasteiger partial charge in [-0.2, -0.15) is 4.31 Å². The summed E-state index contributed by atoms with van der Waals surface area (Å²) in [5.41, 5.74) is 2.02. The first-order valence-corrected chi connectivity index (χ1v) is 10.4. The van der Waals surface area contributed by atoms with Gasteiger partial charge in [-0.25, -0.2) is 12.8 Å². The van der Waals surface area contributed by atoms with Gasteiger partial charge in [0, 0.05) is 31.2 Å². The molecule has 1 aliphatic rings. The van der Waals surface area contributed by atoms with E-state index in [1.165, 1.54) is 16.4 Å². The topological polar surface area (TPSA) is 62.3 Å². The molecule has 1 N–H and O–H groups in total. The van der Waals surface area contributed by atoms with Crippen molar-refractivity contribution in [3.05, 3.63) is 77.7 Å². The highest BCUT2D eigenvalue weighted by atomic mass is 32.2. The van der Waals surface area contributed by atoms with Gasteiger partial charge in [-0.3, -0.25) is 4.98 Å². The van der Waals surface area contributed by atoms with Gasteiger partial charge in [0.05, 0.1) is 17.3 Å². The Morgan fingerprint density at radius 1 is 1.15 bits per heavy atom. The van der Waals surface area contributed by atoms with E-state index in [2.05, 4.69) is 10.3 Å². The van der Waals surface area contributed by atoms with Gasteiger partial charge in [0.25, 0.3) is 0 Å². The van der Waals surface area contributed by atoms with Crippen LogP contribution in [0, 0.1) is 5.82 Å². The minimum atomic E-state index is -3.61. The zero-order chi connectivity index (χ0) is 18.9. The number of piperazine rings is 1. The highest BCUT2D eigenvalue weighted by Gasteiger charge is 2.33. The van der Waals surface area contributed by atoms with Gasteiger partial charge < -0.3 is 5.32 Å². The summed E-state index contributed by atoms with van der Waals surface area (Å²) in [6.45, 7) is 1.37. The Morgan fingerprint density at radius 2 is 1.96 bits per heavy atom. The van der Waals surface area contributed by atoms with E-state index < -0.39 is 16.1 Å². The van der Waals surface area contributed by atoms with Gasteiger partial charge in [-0.1, -0.05) is 36.4 Å². The first kappa shape index (κ1) is 18.0. The van der Waals surface area contributed by atoms with Crippen molar-refractivity contribution in [2.45, 2.75) is 11.8 Å². The lowest BCUT2D eigenvalue weighted by Gasteiger charge is -2.35. The maximum absolute atomic E-state index is 13.7. The number of nitrogens with zero attached hydrogens (tertiary/aromatic N) is 2. The van der Waals surface area contributed by atoms with Gasteiger partial charge in [0.15, 0.2) is 0 Å². The molecule has 7 heteroatoms. The second-order valence-electron chi connectivity index (χ2n) is 6.63. The van der Waals surface area contributed by atoms with Gasteiger partial charge in [-0.15, -0.1) is 0 Å². The number of sulfonamides is 1. The minimum absolute atomic E-state index is 0.132. The van der Waals surface area contributed by atoms with Crippen LogP contribution in [0.25, 0.3) is 10.9 Å². The molecule has 0 bridgehead atoms. The lowest BCUT2D eigenvalue weighted by atomic mass is 10.1. The van der Waals surface area contributed by atoms with Crippen LogP contribution in [0.5, 0.6) is 0 Å². The van der Waals surface area contributed by atoms with Crippen molar-refractivity contribution >= 4 is 20.9 Å². The average Bonchev–Trinajstić information content (AvgIpc) is 2.68. The fraction of sp³-hybridized carbons (Fsp3) is 0.250. The number of hydrogen-bond donors (Lipinski definition) is 1. The molecule has 2 heterocycles. The number of pyridine rings is 1. The summed E-state index contributed by atoms with van der Waals surface area (Å²) in [5.74, 6) is -0.499. The molecule has 1 fully saturated rings. The Labute approximate surface area is 157 Å². The molecular weight excluding hydrogens is 365 g/mol. The van der Waals surface area contributed by atoms with Gasteiger partial charge in [0.1, 0.15) is 5.82 Å². The van der Waals surface area contributed by atoms with E-state index in [-0.39, 0.29) is 11.6 Å². The van der Waals surface area contributed by atoms with E-state index in [0.29, 0.717) is 36.3 Å². The Morgan fingerprint density at radius 3 is 2.81 bits per heavy atom. The molecule has 140 valence electrons. The summed E-state index contributed by atoms with van der Waals surface area (Å²) in [6.07, 6.45) is 1.67. The highest BCUT2D eigenvalue weighted by Crippen LogP contribution is 2.28. The standard InChI is InChI=1S/C20H20FN3O2S/c21-18-8-2-5-16(12-18)19-13-22-10-11-24(19)27(25,26)14-17-6-1-4-15-7-3-9-23-20(15)17/h1-9,12,19,22H,10-11,13-14H2. The molecular formula is C20H20FN3O2S. The van der Waals surface area contributed by atoms with E-state index in [0.717, 1.165) is 5.39 Å². The highest BCUT2D eigenvalue weighted by molar-refractivity contribution is 7.88.